The van der Waals surface area contributed by atoms with Gasteiger partial charge in [-0.25, -0.2) is 0 Å². The van der Waals surface area contributed by atoms with Gasteiger partial charge in [-0.1, -0.05) is 243 Å². The molecule has 1 aliphatic carbocycles. The van der Waals surface area contributed by atoms with Crippen molar-refractivity contribution in [1.29, 1.82) is 5.41 Å². The standard InChI is InChI=1S/C120H80N16/c121-113-25-11-12-26-114(113)123-122-94-44-58-99(59-45-94)130(106-54-38-79-14-1-5-19-89(79)74-106)95-46-30-83(31-47-95)84-32-48-96(49-33-84)131(107-55-39-80-15-2-6-20-90(80)75-107)100-60-66-103(67-61-100)134-124-115-27-13-24-111(119(115)128-134)93-29-28-88-43-73-117-120(112(88)78-93)129-136(126-117)105-70-64-102(65-71-105)133(109-57-41-82-17-4-8-22-92(82)77-109)98-52-36-86(37-53-98)85-34-50-97(51-35-85)132(108-56-40-81-16-3-7-21-91(81)76-108)101-62-68-104(69-63-101)135-125-116-72-42-87-18-9-10-23-110(87)118(116)127-135/h1-78,121-122H/b121-113?,123-114-. The van der Waals surface area contributed by atoms with Crippen molar-refractivity contribution in [1.82, 2.24) is 45.0 Å². The molecule has 136 heavy (non-hydrogen) atoms. The van der Waals surface area contributed by atoms with Crippen molar-refractivity contribution in [2.24, 2.45) is 5.10 Å². The summed E-state index contributed by atoms with van der Waals surface area (Å²) in [4.78, 5) is 14.4. The molecule has 0 bridgehead atoms. The Morgan fingerprint density at radius 3 is 0.904 bits per heavy atom. The van der Waals surface area contributed by atoms with Gasteiger partial charge in [-0.05, 0) is 312 Å². The molecule has 640 valence electrons. The first-order valence-electron chi connectivity index (χ1n) is 45.4. The van der Waals surface area contributed by atoms with Gasteiger partial charge < -0.3 is 19.6 Å². The summed E-state index contributed by atoms with van der Waals surface area (Å²) >= 11 is 0. The van der Waals surface area contributed by atoms with Crippen LogP contribution < -0.4 is 25.0 Å². The number of nitrogens with one attached hydrogen (secondary N) is 2. The molecule has 0 fully saturated rings. The van der Waals surface area contributed by atoms with Gasteiger partial charge in [0.05, 0.1) is 28.5 Å². The summed E-state index contributed by atoms with van der Waals surface area (Å²) in [6.45, 7) is 0. The number of fused-ring (bicyclic) bond motifs is 11. The maximum atomic E-state index is 8.28. The monoisotopic (exact) mass is 1740 g/mol. The Balaban J connectivity index is 0.477. The fraction of sp³-hybridized carbons (Fsp3) is 0. The summed E-state index contributed by atoms with van der Waals surface area (Å²) < 4.78 is 0. The van der Waals surface area contributed by atoms with E-state index in [9.17, 15) is 0 Å². The molecule has 1 aliphatic rings. The summed E-state index contributed by atoms with van der Waals surface area (Å²) in [6.07, 6.45) is 7.29. The number of hydrogen-bond acceptors (Lipinski definition) is 13. The fourth-order valence-electron chi connectivity index (χ4n) is 18.9. The summed E-state index contributed by atoms with van der Waals surface area (Å²) in [5.41, 5.74) is 30.8. The van der Waals surface area contributed by atoms with E-state index in [0.29, 0.717) is 11.4 Å². The topological polar surface area (TPSA) is 153 Å². The number of hydrazone groups is 1. The Hall–Kier alpha value is -18.8. The van der Waals surface area contributed by atoms with Gasteiger partial charge in [-0.15, -0.1) is 30.6 Å². The Labute approximate surface area is 782 Å². The highest BCUT2D eigenvalue weighted by molar-refractivity contribution is 6.50. The third-order valence-electron chi connectivity index (χ3n) is 25.9. The zero-order valence-electron chi connectivity index (χ0n) is 73.3. The van der Waals surface area contributed by atoms with Gasteiger partial charge in [0.2, 0.25) is 0 Å². The van der Waals surface area contributed by atoms with Crippen LogP contribution in [0.15, 0.2) is 478 Å². The molecule has 0 saturated heterocycles. The predicted octanol–water partition coefficient (Wildman–Crippen LogP) is 30.6. The zero-order valence-corrected chi connectivity index (χ0v) is 73.3. The minimum atomic E-state index is 0.360. The van der Waals surface area contributed by atoms with Gasteiger partial charge in [-0.3, -0.25) is 10.8 Å². The molecule has 3 heterocycles. The number of anilines is 13. The lowest BCUT2D eigenvalue weighted by Crippen LogP contribution is -2.12. The van der Waals surface area contributed by atoms with E-state index in [4.69, 9.17) is 36.0 Å². The van der Waals surface area contributed by atoms with Crippen molar-refractivity contribution in [3.8, 4) is 50.4 Å². The van der Waals surface area contributed by atoms with Crippen LogP contribution in [0.1, 0.15) is 0 Å². The zero-order chi connectivity index (χ0) is 90.1. The van der Waals surface area contributed by atoms with E-state index in [0.717, 1.165) is 201 Å². The molecule has 0 saturated carbocycles. The van der Waals surface area contributed by atoms with E-state index in [1.807, 2.05) is 48.6 Å². The van der Waals surface area contributed by atoms with Crippen molar-refractivity contribution in [2.45, 2.75) is 0 Å². The van der Waals surface area contributed by atoms with Crippen LogP contribution in [0.2, 0.25) is 0 Å². The van der Waals surface area contributed by atoms with Crippen molar-refractivity contribution in [3.05, 3.63) is 473 Å². The summed E-state index contributed by atoms with van der Waals surface area (Å²) in [7, 11) is 0. The summed E-state index contributed by atoms with van der Waals surface area (Å²) in [6, 6.07) is 159. The molecular formula is C120H80N16. The lowest BCUT2D eigenvalue weighted by Gasteiger charge is -2.27. The normalized spacial score (nSPS) is 12.4. The third kappa shape index (κ3) is 14.9. The molecule has 3 aromatic heterocycles. The minimum Gasteiger partial charge on any atom is -0.310 e. The second-order valence-electron chi connectivity index (χ2n) is 34.2. The van der Waals surface area contributed by atoms with Crippen LogP contribution in [0.5, 0.6) is 0 Å². The molecule has 16 nitrogen and oxygen atoms in total. The highest BCUT2D eigenvalue weighted by Gasteiger charge is 2.24. The third-order valence-corrected chi connectivity index (χ3v) is 25.9. The summed E-state index contributed by atoms with van der Waals surface area (Å²) in [5, 5.41) is 57.0. The second-order valence-corrected chi connectivity index (χ2v) is 34.2. The van der Waals surface area contributed by atoms with Gasteiger partial charge in [0.15, 0.2) is 0 Å². The average Bonchev–Trinajstić information content (AvgIpc) is 1.59. The highest BCUT2D eigenvalue weighted by atomic mass is 15.5. The van der Waals surface area contributed by atoms with Gasteiger partial charge >= 0.3 is 0 Å². The fourth-order valence-corrected chi connectivity index (χ4v) is 18.9. The lowest BCUT2D eigenvalue weighted by molar-refractivity contribution is 0.766. The number of hydrogen-bond donors (Lipinski definition) is 2. The highest BCUT2D eigenvalue weighted by Crippen LogP contribution is 2.45. The predicted molar refractivity (Wildman–Crippen MR) is 561 cm³/mol. The van der Waals surface area contributed by atoms with E-state index in [1.165, 1.54) is 21.5 Å². The molecule has 25 rings (SSSR count). The van der Waals surface area contributed by atoms with E-state index >= 15 is 0 Å². The van der Waals surface area contributed by atoms with Gasteiger partial charge in [0.1, 0.15) is 38.8 Å². The molecule has 0 spiro atoms. The van der Waals surface area contributed by atoms with Crippen LogP contribution in [-0.4, -0.2) is 56.4 Å². The lowest BCUT2D eigenvalue weighted by atomic mass is 9.99. The number of benzene rings is 21. The van der Waals surface area contributed by atoms with Gasteiger partial charge in [0, 0.05) is 84.6 Å². The molecule has 24 aromatic rings. The van der Waals surface area contributed by atoms with Crippen molar-refractivity contribution >= 4 is 183 Å². The van der Waals surface area contributed by atoms with Crippen molar-refractivity contribution in [2.75, 3.05) is 25.0 Å². The van der Waals surface area contributed by atoms with Gasteiger partial charge in [0.25, 0.3) is 0 Å². The second kappa shape index (κ2) is 33.6. The maximum absolute atomic E-state index is 8.28. The van der Waals surface area contributed by atoms with Crippen LogP contribution in [0.3, 0.4) is 0 Å². The molecule has 0 atom stereocenters. The smallest absolute Gasteiger partial charge is 0.121 e. The van der Waals surface area contributed by atoms with Crippen molar-refractivity contribution < 1.29 is 0 Å². The molecule has 21 aromatic carbocycles. The molecule has 0 radical (unpaired) electrons. The maximum Gasteiger partial charge on any atom is 0.121 e. The molecule has 2 N–H and O–H groups in total. The Morgan fingerprint density at radius 1 is 0.221 bits per heavy atom. The average molecular weight is 1750 g/mol. The molecule has 16 heteroatoms. The summed E-state index contributed by atoms with van der Waals surface area (Å²) in [5.74, 6) is 0. The van der Waals surface area contributed by atoms with E-state index in [-0.39, 0.29) is 0 Å². The van der Waals surface area contributed by atoms with E-state index in [1.54, 1.807) is 20.5 Å². The van der Waals surface area contributed by atoms with Crippen LogP contribution >= 0.6 is 0 Å². The number of aromatic nitrogens is 9. The van der Waals surface area contributed by atoms with Crippen LogP contribution in [0.4, 0.5) is 73.9 Å². The number of allylic oxidation sites excluding steroid dienone is 4. The van der Waals surface area contributed by atoms with Gasteiger partial charge in [-0.2, -0.15) is 19.5 Å². The molecule has 0 aliphatic heterocycles. The number of rotatable bonds is 20. The first-order valence-corrected chi connectivity index (χ1v) is 45.4. The molecular weight excluding hydrogens is 1670 g/mol. The molecule has 0 amide bonds. The number of nitrogens with zero attached hydrogens (tertiary/aromatic N) is 14. The Kier molecular flexibility index (Phi) is 19.6. The van der Waals surface area contributed by atoms with E-state index in [2.05, 4.69) is 449 Å². The van der Waals surface area contributed by atoms with Crippen LogP contribution in [-0.2, 0) is 0 Å². The first-order chi connectivity index (χ1) is 67.2. The van der Waals surface area contributed by atoms with Crippen LogP contribution in [0, 0.1) is 5.41 Å². The Morgan fingerprint density at radius 2 is 0.515 bits per heavy atom. The Bertz CT molecular complexity index is 8890. The molecule has 0 unspecified atom stereocenters. The minimum absolute atomic E-state index is 0.360. The SMILES string of the molecule is N=C1C=CC=C/C1=N/Nc1ccc(N(c2ccc(-c3ccc(N(c4ccc(-n5nc6cccc(-c7ccc8ccc9nn(-c%10ccc(N(c%11ccc(-c%12ccc(N(c%13ccc(-n%14nc%15ccc%16ccccc%16c%15n%14)cc%13)c%13ccc%14ccccc%14c%13)cc%12)cc%11)c%11ccc%12ccccc%12c%11)cc%10)nc9c8c7)c6n5)cc4)c4ccc5ccccc5c4)cc3)cc2)c2ccc3ccccc3c2)cc1. The first kappa shape index (κ1) is 79.4. The van der Waals surface area contributed by atoms with E-state index < -0.39 is 0 Å². The van der Waals surface area contributed by atoms with Crippen molar-refractivity contribution in [3.63, 3.8) is 0 Å². The quantitative estimate of drug-likeness (QED) is 0.0554. The largest absolute Gasteiger partial charge is 0.310 e. The van der Waals surface area contributed by atoms with Crippen LogP contribution in [0.25, 0.3) is 148 Å².